The van der Waals surface area contributed by atoms with Gasteiger partial charge in [-0.25, -0.2) is 4.98 Å². The number of likely N-dealkylation sites (N-methyl/N-ethyl adjacent to an activating group) is 1. The fourth-order valence-electron chi connectivity index (χ4n) is 2.27. The minimum absolute atomic E-state index is 0.268. The van der Waals surface area contributed by atoms with Crippen LogP contribution in [0.5, 0.6) is 0 Å². The minimum Gasteiger partial charge on any atom is -0.336 e. The molecule has 2 N–H and O–H groups in total. The van der Waals surface area contributed by atoms with Crippen molar-refractivity contribution in [2.75, 3.05) is 40.3 Å². The van der Waals surface area contributed by atoms with Crippen molar-refractivity contribution in [3.63, 3.8) is 0 Å². The van der Waals surface area contributed by atoms with Gasteiger partial charge in [-0.2, -0.15) is 0 Å². The van der Waals surface area contributed by atoms with Crippen LogP contribution >= 0.6 is 0 Å². The van der Waals surface area contributed by atoms with Crippen molar-refractivity contribution < 1.29 is 0 Å². The van der Waals surface area contributed by atoms with Crippen molar-refractivity contribution in [3.8, 4) is 0 Å². The average molecular weight is 253 g/mol. The van der Waals surface area contributed by atoms with E-state index in [0.717, 1.165) is 26.1 Å². The molecule has 1 atom stereocenters. The number of hydrogen-bond acceptors (Lipinski definition) is 4. The highest BCUT2D eigenvalue weighted by molar-refractivity contribution is 5.05. The molecule has 5 heteroatoms. The quantitative estimate of drug-likeness (QED) is 0.741. The molecule has 0 fully saturated rings. The maximum Gasteiger partial charge on any atom is 0.0946 e. The zero-order valence-corrected chi connectivity index (χ0v) is 12.1. The summed E-state index contributed by atoms with van der Waals surface area (Å²) >= 11 is 0. The number of hydrogen-bond donors (Lipinski definition) is 1. The van der Waals surface area contributed by atoms with Crippen LogP contribution in [0.15, 0.2) is 12.5 Å². The third-order valence-corrected chi connectivity index (χ3v) is 3.32. The number of nitrogens with zero attached hydrogens (tertiary/aromatic N) is 4. The molecule has 1 aromatic rings. The normalized spacial score (nSPS) is 13.5. The highest BCUT2D eigenvalue weighted by atomic mass is 15.2. The Morgan fingerprint density at radius 2 is 2.11 bits per heavy atom. The molecule has 0 aliphatic carbocycles. The number of aryl methyl sites for hydroxylation is 1. The Labute approximate surface area is 111 Å². The predicted molar refractivity (Wildman–Crippen MR) is 75.4 cm³/mol. The maximum atomic E-state index is 5.95. The van der Waals surface area contributed by atoms with E-state index in [-0.39, 0.29) is 6.04 Å². The van der Waals surface area contributed by atoms with Crippen LogP contribution in [0.2, 0.25) is 0 Å². The summed E-state index contributed by atoms with van der Waals surface area (Å²) in [4.78, 5) is 8.84. The van der Waals surface area contributed by atoms with Crippen LogP contribution in [0.3, 0.4) is 0 Å². The lowest BCUT2D eigenvalue weighted by molar-refractivity contribution is 0.195. The van der Waals surface area contributed by atoms with E-state index in [1.54, 1.807) is 0 Å². The molecule has 104 valence electrons. The van der Waals surface area contributed by atoms with Crippen molar-refractivity contribution >= 4 is 0 Å². The number of nitrogens with two attached hydrogens (primary N) is 1. The lowest BCUT2D eigenvalue weighted by atomic mass is 10.1. The van der Waals surface area contributed by atoms with Crippen molar-refractivity contribution in [2.45, 2.75) is 19.4 Å². The Bertz CT molecular complexity index is 334. The molecule has 1 rings (SSSR count). The summed E-state index contributed by atoms with van der Waals surface area (Å²) in [6.07, 6.45) is 4.92. The smallest absolute Gasteiger partial charge is 0.0946 e. The van der Waals surface area contributed by atoms with Gasteiger partial charge in [-0.05, 0) is 33.6 Å². The van der Waals surface area contributed by atoms with E-state index in [9.17, 15) is 0 Å². The predicted octanol–water partition coefficient (Wildman–Crippen LogP) is 0.694. The van der Waals surface area contributed by atoms with Crippen LogP contribution in [0.25, 0.3) is 0 Å². The van der Waals surface area contributed by atoms with Gasteiger partial charge >= 0.3 is 0 Å². The van der Waals surface area contributed by atoms with Crippen LogP contribution in [0, 0.1) is 0 Å². The molecular weight excluding hydrogens is 226 g/mol. The van der Waals surface area contributed by atoms with Crippen LogP contribution in [0.1, 0.15) is 25.1 Å². The van der Waals surface area contributed by atoms with Gasteiger partial charge in [-0.3, -0.25) is 4.90 Å². The third-order valence-electron chi connectivity index (χ3n) is 3.32. The van der Waals surface area contributed by atoms with E-state index in [1.807, 2.05) is 19.6 Å². The Hall–Kier alpha value is -0.910. The summed E-state index contributed by atoms with van der Waals surface area (Å²) < 4.78 is 2.06. The Morgan fingerprint density at radius 1 is 1.39 bits per heavy atom. The largest absolute Gasteiger partial charge is 0.336 e. The number of aromatic nitrogens is 2. The fraction of sp³-hybridized carbons (Fsp3) is 0.769. The van der Waals surface area contributed by atoms with E-state index >= 15 is 0 Å². The molecule has 1 unspecified atom stereocenters. The second kappa shape index (κ2) is 7.51. The maximum absolute atomic E-state index is 5.95. The summed E-state index contributed by atoms with van der Waals surface area (Å²) in [7, 11) is 6.24. The molecule has 0 aliphatic rings. The Morgan fingerprint density at radius 3 is 2.56 bits per heavy atom. The van der Waals surface area contributed by atoms with Crippen molar-refractivity contribution in [2.24, 2.45) is 12.8 Å². The standard InChI is InChI=1S/C13H27N5/c1-5-18(8-6-7-16(2)3)12(9-14)13-10-15-11-17(13)4/h10-12H,5-9,14H2,1-4H3. The first-order chi connectivity index (χ1) is 8.60. The first kappa shape index (κ1) is 15.1. The van der Waals surface area contributed by atoms with Gasteiger partial charge in [0.25, 0.3) is 0 Å². The topological polar surface area (TPSA) is 50.3 Å². The second-order valence-corrected chi connectivity index (χ2v) is 4.97. The molecule has 1 aromatic heterocycles. The van der Waals surface area contributed by atoms with Gasteiger partial charge in [0.15, 0.2) is 0 Å². The summed E-state index contributed by atoms with van der Waals surface area (Å²) in [5, 5.41) is 0. The Kier molecular flexibility index (Phi) is 6.32. The summed E-state index contributed by atoms with van der Waals surface area (Å²) in [6.45, 7) is 6.02. The molecule has 0 saturated heterocycles. The van der Waals surface area contributed by atoms with Crippen molar-refractivity contribution in [1.29, 1.82) is 0 Å². The molecule has 0 aliphatic heterocycles. The lowest BCUT2D eigenvalue weighted by Crippen LogP contribution is -2.36. The zero-order valence-electron chi connectivity index (χ0n) is 12.1. The van der Waals surface area contributed by atoms with Crippen molar-refractivity contribution in [1.82, 2.24) is 19.4 Å². The second-order valence-electron chi connectivity index (χ2n) is 4.97. The van der Waals surface area contributed by atoms with E-state index in [2.05, 4.69) is 40.4 Å². The molecular formula is C13H27N5. The van der Waals surface area contributed by atoms with Crippen LogP contribution < -0.4 is 5.73 Å². The highest BCUT2D eigenvalue weighted by Gasteiger charge is 2.19. The zero-order chi connectivity index (χ0) is 13.5. The highest BCUT2D eigenvalue weighted by Crippen LogP contribution is 2.18. The summed E-state index contributed by atoms with van der Waals surface area (Å²) in [5.41, 5.74) is 7.15. The van der Waals surface area contributed by atoms with Crippen LogP contribution in [0.4, 0.5) is 0 Å². The van der Waals surface area contributed by atoms with Crippen LogP contribution in [-0.4, -0.2) is 59.6 Å². The molecule has 0 saturated carbocycles. The van der Waals surface area contributed by atoms with Gasteiger partial charge in [-0.1, -0.05) is 6.92 Å². The Balaban J connectivity index is 2.63. The van der Waals surface area contributed by atoms with Gasteiger partial charge in [0.05, 0.1) is 18.1 Å². The molecule has 0 bridgehead atoms. The van der Waals surface area contributed by atoms with Crippen LogP contribution in [-0.2, 0) is 7.05 Å². The van der Waals surface area contributed by atoms with E-state index in [0.29, 0.717) is 6.54 Å². The first-order valence-corrected chi connectivity index (χ1v) is 6.65. The SMILES string of the molecule is CCN(CCCN(C)C)C(CN)c1cncn1C. The van der Waals surface area contributed by atoms with E-state index in [1.165, 1.54) is 5.69 Å². The average Bonchev–Trinajstić information content (AvgIpc) is 2.74. The third kappa shape index (κ3) is 4.08. The molecule has 5 nitrogen and oxygen atoms in total. The molecule has 18 heavy (non-hydrogen) atoms. The molecule has 0 amide bonds. The minimum atomic E-state index is 0.268. The lowest BCUT2D eigenvalue weighted by Gasteiger charge is -2.30. The van der Waals surface area contributed by atoms with Gasteiger partial charge in [-0.15, -0.1) is 0 Å². The van der Waals surface area contributed by atoms with Gasteiger partial charge in [0.2, 0.25) is 0 Å². The van der Waals surface area contributed by atoms with Crippen molar-refractivity contribution in [3.05, 3.63) is 18.2 Å². The van der Waals surface area contributed by atoms with E-state index in [4.69, 9.17) is 5.73 Å². The molecule has 0 radical (unpaired) electrons. The molecule has 0 spiro atoms. The monoisotopic (exact) mass is 253 g/mol. The van der Waals surface area contributed by atoms with Gasteiger partial charge in [0, 0.05) is 26.3 Å². The van der Waals surface area contributed by atoms with E-state index < -0.39 is 0 Å². The summed E-state index contributed by atoms with van der Waals surface area (Å²) in [6, 6.07) is 0.268. The van der Waals surface area contributed by atoms with Gasteiger partial charge in [0.1, 0.15) is 0 Å². The fourth-order valence-corrected chi connectivity index (χ4v) is 2.27. The molecule has 1 heterocycles. The summed E-state index contributed by atoms with van der Waals surface area (Å²) in [5.74, 6) is 0. The van der Waals surface area contributed by atoms with Gasteiger partial charge < -0.3 is 15.2 Å². The number of imidazole rings is 1. The number of rotatable bonds is 8. The first-order valence-electron chi connectivity index (χ1n) is 6.65. The molecule has 0 aromatic carbocycles.